The molecule has 0 fully saturated rings. The third-order valence-electron chi connectivity index (χ3n) is 1.88. The zero-order valence-corrected chi connectivity index (χ0v) is 13.5. The van der Waals surface area contributed by atoms with Crippen LogP contribution in [0.5, 0.6) is 0 Å². The van der Waals surface area contributed by atoms with Crippen LogP contribution in [-0.4, -0.2) is 24.8 Å². The topological polar surface area (TPSA) is 115 Å². The Kier molecular flexibility index (Phi) is 6.67. The van der Waals surface area contributed by atoms with Crippen molar-refractivity contribution in [2.24, 2.45) is 0 Å². The van der Waals surface area contributed by atoms with Gasteiger partial charge in [0.2, 0.25) is 11.8 Å². The molecule has 2 amide bonds. The molecule has 0 aliphatic heterocycles. The summed E-state index contributed by atoms with van der Waals surface area (Å²) in [6.07, 6.45) is 0. The predicted octanol–water partition coefficient (Wildman–Crippen LogP) is -2.49. The van der Waals surface area contributed by atoms with Gasteiger partial charge in [-0.1, -0.05) is 0 Å². The van der Waals surface area contributed by atoms with Crippen molar-refractivity contribution >= 4 is 33.3 Å². The fourth-order valence-electron chi connectivity index (χ4n) is 1.32. The Hall–Kier alpha value is -0.930. The molecule has 9 heteroatoms. The summed E-state index contributed by atoms with van der Waals surface area (Å²) < 4.78 is 32.9. The summed E-state index contributed by atoms with van der Waals surface area (Å²) in [6.45, 7) is 2.45. The average Bonchev–Trinajstić information content (AvgIpc) is 2.13. The molecule has 19 heavy (non-hydrogen) atoms. The fourth-order valence-corrected chi connectivity index (χ4v) is 1.93. The molecule has 7 nitrogen and oxygen atoms in total. The van der Waals surface area contributed by atoms with Gasteiger partial charge in [-0.3, -0.25) is 9.59 Å². The third-order valence-corrected chi connectivity index (χ3v) is 2.77. The van der Waals surface area contributed by atoms with Crippen LogP contribution in [0.4, 0.5) is 11.4 Å². The molecule has 0 atom stereocenters. The molecule has 1 aromatic rings. The zero-order chi connectivity index (χ0) is 13.9. The smallest absolute Gasteiger partial charge is 0.744 e. The second kappa shape index (κ2) is 7.01. The van der Waals surface area contributed by atoms with Gasteiger partial charge in [0, 0.05) is 19.5 Å². The van der Waals surface area contributed by atoms with Gasteiger partial charge in [0.15, 0.2) is 0 Å². The Morgan fingerprint density at radius 3 is 2.05 bits per heavy atom. The molecule has 0 aliphatic rings. The number of hydrogen-bond donors (Lipinski definition) is 2. The summed E-state index contributed by atoms with van der Waals surface area (Å²) in [5, 5.41) is 4.63. The molecule has 0 heterocycles. The van der Waals surface area contributed by atoms with Crippen LogP contribution in [0.2, 0.25) is 0 Å². The van der Waals surface area contributed by atoms with Gasteiger partial charge in [-0.25, -0.2) is 8.42 Å². The summed E-state index contributed by atoms with van der Waals surface area (Å²) in [5.41, 5.74) is 0.113. The van der Waals surface area contributed by atoms with E-state index in [0.717, 1.165) is 6.07 Å². The molecule has 0 saturated heterocycles. The molecule has 0 unspecified atom stereocenters. The van der Waals surface area contributed by atoms with Crippen LogP contribution in [0.1, 0.15) is 13.8 Å². The number of nitrogens with one attached hydrogen (secondary N) is 2. The van der Waals surface area contributed by atoms with Crippen molar-refractivity contribution in [2.75, 3.05) is 10.6 Å². The van der Waals surface area contributed by atoms with Crippen molar-refractivity contribution in [2.45, 2.75) is 18.7 Å². The summed E-state index contributed by atoms with van der Waals surface area (Å²) >= 11 is 0. The summed E-state index contributed by atoms with van der Waals surface area (Å²) in [4.78, 5) is 21.2. The van der Waals surface area contributed by atoms with Gasteiger partial charge in [-0.15, -0.1) is 0 Å². The first-order valence-electron chi connectivity index (χ1n) is 4.85. The summed E-state index contributed by atoms with van der Waals surface area (Å²) in [6, 6.07) is 3.49. The van der Waals surface area contributed by atoms with Crippen molar-refractivity contribution in [3.05, 3.63) is 18.2 Å². The standard InChI is InChI=1S/C10H12N2O5S.Na/c1-6(13)11-8-3-4-10(18(15,16)17)9(5-8)12-7(2)14;/h3-5H,1-2H3,(H,11,13)(H,12,14)(H,15,16,17);/q;+1/p-1. The number of amides is 2. The van der Waals surface area contributed by atoms with Crippen LogP contribution in [0.15, 0.2) is 23.1 Å². The molecule has 0 spiro atoms. The normalized spacial score (nSPS) is 10.3. The molecular weight excluding hydrogens is 283 g/mol. The van der Waals surface area contributed by atoms with Gasteiger partial charge in [0.05, 0.1) is 10.6 Å². The van der Waals surface area contributed by atoms with Crippen LogP contribution in [0.25, 0.3) is 0 Å². The van der Waals surface area contributed by atoms with Gasteiger partial charge >= 0.3 is 29.6 Å². The van der Waals surface area contributed by atoms with E-state index in [9.17, 15) is 22.6 Å². The first-order valence-corrected chi connectivity index (χ1v) is 6.26. The molecule has 0 aromatic heterocycles. The molecule has 0 bridgehead atoms. The Balaban J connectivity index is 0.00000324. The zero-order valence-electron chi connectivity index (χ0n) is 10.7. The first-order chi connectivity index (χ1) is 8.20. The Bertz CT molecular complexity index is 600. The SMILES string of the molecule is CC(=O)Nc1ccc(S(=O)(=O)[O-])c(NC(C)=O)c1.[Na+]. The van der Waals surface area contributed by atoms with Crippen molar-refractivity contribution < 1.29 is 52.1 Å². The number of rotatable bonds is 3. The molecule has 98 valence electrons. The minimum Gasteiger partial charge on any atom is -0.744 e. The van der Waals surface area contributed by atoms with Crippen LogP contribution in [0.3, 0.4) is 0 Å². The quantitative estimate of drug-likeness (QED) is 0.473. The van der Waals surface area contributed by atoms with Crippen LogP contribution in [-0.2, 0) is 19.7 Å². The van der Waals surface area contributed by atoms with Gasteiger partial charge in [0.1, 0.15) is 10.1 Å². The van der Waals surface area contributed by atoms with E-state index >= 15 is 0 Å². The second-order valence-electron chi connectivity index (χ2n) is 3.53. The molecule has 2 N–H and O–H groups in total. The molecular formula is C10H11N2NaO5S. The van der Waals surface area contributed by atoms with Crippen LogP contribution < -0.4 is 40.2 Å². The number of benzene rings is 1. The summed E-state index contributed by atoms with van der Waals surface area (Å²) in [5.74, 6) is -0.888. The Morgan fingerprint density at radius 2 is 1.63 bits per heavy atom. The van der Waals surface area contributed by atoms with Crippen LogP contribution >= 0.6 is 0 Å². The number of anilines is 2. The maximum atomic E-state index is 11.0. The van der Waals surface area contributed by atoms with Crippen molar-refractivity contribution in [3.8, 4) is 0 Å². The molecule has 0 aliphatic carbocycles. The first kappa shape index (κ1) is 18.1. The van der Waals surface area contributed by atoms with Crippen molar-refractivity contribution in [3.63, 3.8) is 0 Å². The Labute approximate surface area is 132 Å². The predicted molar refractivity (Wildman–Crippen MR) is 63.0 cm³/mol. The van der Waals surface area contributed by atoms with Gasteiger partial charge in [0.25, 0.3) is 0 Å². The van der Waals surface area contributed by atoms with E-state index in [1.54, 1.807) is 0 Å². The second-order valence-corrected chi connectivity index (χ2v) is 4.88. The van der Waals surface area contributed by atoms with E-state index in [1.165, 1.54) is 26.0 Å². The van der Waals surface area contributed by atoms with Gasteiger partial charge < -0.3 is 15.2 Å². The van der Waals surface area contributed by atoms with E-state index in [1.807, 2.05) is 0 Å². The molecule has 1 rings (SSSR count). The van der Waals surface area contributed by atoms with E-state index in [4.69, 9.17) is 0 Å². The number of carbonyl (C=O) groups excluding carboxylic acids is 2. The third kappa shape index (κ3) is 5.70. The van der Waals surface area contributed by atoms with Gasteiger partial charge in [-0.05, 0) is 18.2 Å². The van der Waals surface area contributed by atoms with Crippen LogP contribution in [0, 0.1) is 0 Å². The maximum Gasteiger partial charge on any atom is 1.00 e. The number of carbonyl (C=O) groups is 2. The van der Waals surface area contributed by atoms with Gasteiger partial charge in [-0.2, -0.15) is 0 Å². The average molecular weight is 294 g/mol. The molecule has 0 saturated carbocycles. The van der Waals surface area contributed by atoms with E-state index in [0.29, 0.717) is 0 Å². The minimum atomic E-state index is -4.70. The van der Waals surface area contributed by atoms with Crippen molar-refractivity contribution in [1.82, 2.24) is 0 Å². The van der Waals surface area contributed by atoms with E-state index < -0.39 is 20.9 Å². The summed E-state index contributed by atoms with van der Waals surface area (Å²) in [7, 11) is -4.70. The number of hydrogen-bond acceptors (Lipinski definition) is 5. The largest absolute Gasteiger partial charge is 1.00 e. The monoisotopic (exact) mass is 294 g/mol. The van der Waals surface area contributed by atoms with Crippen molar-refractivity contribution in [1.29, 1.82) is 0 Å². The van der Waals surface area contributed by atoms with E-state index in [2.05, 4.69) is 10.6 Å². The fraction of sp³-hybridized carbons (Fsp3) is 0.200. The molecule has 1 aromatic carbocycles. The minimum absolute atomic E-state index is 0. The van der Waals surface area contributed by atoms with E-state index in [-0.39, 0.29) is 46.8 Å². The Morgan fingerprint density at radius 1 is 1.11 bits per heavy atom. The molecule has 0 radical (unpaired) electrons. The maximum absolute atomic E-state index is 11.0.